The van der Waals surface area contributed by atoms with Crippen LogP contribution in [0.3, 0.4) is 0 Å². The number of nitrogens with two attached hydrogens (primary N) is 1. The minimum absolute atomic E-state index is 0.0149. The number of allylic oxidation sites excluding steroid dienone is 1. The molecule has 0 spiro atoms. The number of primary amides is 1. The van der Waals surface area contributed by atoms with E-state index in [1.165, 1.54) is 6.07 Å². The number of hydrogen-bond donors (Lipinski definition) is 3. The number of hydrogen-bond acceptors (Lipinski definition) is 5. The Hall–Kier alpha value is -2.81. The number of carbonyl (C=O) groups is 1. The van der Waals surface area contributed by atoms with Gasteiger partial charge < -0.3 is 10.5 Å². The zero-order valence-electron chi connectivity index (χ0n) is 12.9. The summed E-state index contributed by atoms with van der Waals surface area (Å²) in [6.45, 7) is 0. The van der Waals surface area contributed by atoms with Gasteiger partial charge in [0, 0.05) is 6.07 Å². The van der Waals surface area contributed by atoms with Crippen molar-refractivity contribution >= 4 is 27.8 Å². The van der Waals surface area contributed by atoms with Gasteiger partial charge in [0.05, 0.1) is 12.0 Å². The second-order valence-electron chi connectivity index (χ2n) is 5.31. The molecule has 1 aromatic carbocycles. The number of carbonyl (C=O) groups excluding carboxylic acids is 1. The van der Waals surface area contributed by atoms with Gasteiger partial charge in [0.1, 0.15) is 11.4 Å². The summed E-state index contributed by atoms with van der Waals surface area (Å²) in [5.74, 6) is -0.0398. The van der Waals surface area contributed by atoms with Crippen LogP contribution in [0.4, 0.5) is 5.82 Å². The van der Waals surface area contributed by atoms with Gasteiger partial charge in [-0.2, -0.15) is 5.10 Å². The maximum Gasteiger partial charge on any atom is 0.266 e. The van der Waals surface area contributed by atoms with E-state index in [9.17, 15) is 13.2 Å². The van der Waals surface area contributed by atoms with Crippen LogP contribution in [-0.4, -0.2) is 31.6 Å². The van der Waals surface area contributed by atoms with Crippen molar-refractivity contribution in [1.82, 2.24) is 10.2 Å². The van der Waals surface area contributed by atoms with Gasteiger partial charge >= 0.3 is 0 Å². The van der Waals surface area contributed by atoms with E-state index >= 15 is 0 Å². The van der Waals surface area contributed by atoms with Crippen LogP contribution in [0.2, 0.25) is 0 Å². The molecule has 9 heteroatoms. The van der Waals surface area contributed by atoms with Crippen molar-refractivity contribution in [3.8, 4) is 5.75 Å². The van der Waals surface area contributed by atoms with E-state index in [0.717, 1.165) is 11.1 Å². The van der Waals surface area contributed by atoms with Gasteiger partial charge in [0.25, 0.3) is 15.9 Å². The standard InChI is InChI=1S/C15H16N4O4S/c1-23-11-4-2-9-3-5-12(7-10(9)6-11)24(21,22)19-14-8-13(15(16)20)17-18-14/h2,4,6-8H,3,5H2,1H3,(H2,16,20)(H2,17,18,19). The zero-order valence-corrected chi connectivity index (χ0v) is 13.7. The third-order valence-corrected chi connectivity index (χ3v) is 5.23. The molecule has 1 aliphatic rings. The quantitative estimate of drug-likeness (QED) is 0.749. The summed E-state index contributed by atoms with van der Waals surface area (Å²) in [5.41, 5.74) is 7.00. The molecule has 0 radical (unpaired) electrons. The van der Waals surface area contributed by atoms with Gasteiger partial charge in [0.15, 0.2) is 5.82 Å². The molecule has 3 rings (SSSR count). The molecule has 0 aliphatic heterocycles. The Bertz CT molecular complexity index is 931. The Labute approximate surface area is 138 Å². The van der Waals surface area contributed by atoms with Gasteiger partial charge in [0.2, 0.25) is 0 Å². The Morgan fingerprint density at radius 2 is 2.12 bits per heavy atom. The molecule has 1 heterocycles. The van der Waals surface area contributed by atoms with Crippen molar-refractivity contribution < 1.29 is 17.9 Å². The van der Waals surface area contributed by atoms with Crippen LogP contribution in [0.15, 0.2) is 29.2 Å². The van der Waals surface area contributed by atoms with Gasteiger partial charge in [-0.3, -0.25) is 14.6 Å². The number of sulfonamides is 1. The van der Waals surface area contributed by atoms with E-state index in [1.807, 2.05) is 12.1 Å². The maximum absolute atomic E-state index is 12.5. The molecule has 0 fully saturated rings. The lowest BCUT2D eigenvalue weighted by Gasteiger charge is -2.17. The van der Waals surface area contributed by atoms with E-state index in [4.69, 9.17) is 10.5 Å². The number of nitrogens with one attached hydrogen (secondary N) is 2. The highest BCUT2D eigenvalue weighted by Gasteiger charge is 2.23. The molecule has 1 aromatic heterocycles. The fraction of sp³-hybridized carbons (Fsp3) is 0.200. The summed E-state index contributed by atoms with van der Waals surface area (Å²) in [6, 6.07) is 6.82. The largest absolute Gasteiger partial charge is 0.497 e. The second kappa shape index (κ2) is 6.00. The summed E-state index contributed by atoms with van der Waals surface area (Å²) in [5, 5.41) is 6.10. The van der Waals surface area contributed by atoms with E-state index in [0.29, 0.717) is 18.6 Å². The molecule has 0 saturated carbocycles. The number of ether oxygens (including phenoxy) is 1. The van der Waals surface area contributed by atoms with E-state index < -0.39 is 15.9 Å². The molecule has 0 saturated heterocycles. The van der Waals surface area contributed by atoms with Gasteiger partial charge in [-0.1, -0.05) is 6.07 Å². The normalized spacial score (nSPS) is 13.8. The van der Waals surface area contributed by atoms with Crippen molar-refractivity contribution in [2.45, 2.75) is 12.8 Å². The minimum atomic E-state index is -3.78. The SMILES string of the molecule is COc1ccc2c(c1)C=C(S(=O)(=O)Nc1cc(C(N)=O)[nH]n1)CC2. The van der Waals surface area contributed by atoms with Crippen molar-refractivity contribution in [2.75, 3.05) is 11.8 Å². The highest BCUT2D eigenvalue weighted by molar-refractivity contribution is 7.96. The van der Waals surface area contributed by atoms with Gasteiger partial charge in [-0.25, -0.2) is 8.42 Å². The topological polar surface area (TPSA) is 127 Å². The first-order valence-corrected chi connectivity index (χ1v) is 8.63. The van der Waals surface area contributed by atoms with Crippen molar-refractivity contribution in [2.24, 2.45) is 5.73 Å². The van der Waals surface area contributed by atoms with E-state index in [-0.39, 0.29) is 16.4 Å². The van der Waals surface area contributed by atoms with Gasteiger partial charge in [-0.05, 0) is 42.2 Å². The average molecular weight is 348 g/mol. The number of anilines is 1. The van der Waals surface area contributed by atoms with E-state index in [2.05, 4.69) is 14.9 Å². The van der Waals surface area contributed by atoms with Crippen molar-refractivity contribution in [3.05, 3.63) is 46.0 Å². The molecule has 24 heavy (non-hydrogen) atoms. The number of aromatic amines is 1. The van der Waals surface area contributed by atoms with Crippen LogP contribution in [0.5, 0.6) is 5.75 Å². The summed E-state index contributed by atoms with van der Waals surface area (Å²) in [6.07, 6.45) is 2.60. The second-order valence-corrected chi connectivity index (χ2v) is 7.05. The Morgan fingerprint density at radius 3 is 2.79 bits per heavy atom. The predicted molar refractivity (Wildman–Crippen MR) is 88.9 cm³/mol. The number of aryl methyl sites for hydroxylation is 1. The summed E-state index contributed by atoms with van der Waals surface area (Å²) in [4.78, 5) is 11.3. The first-order valence-electron chi connectivity index (χ1n) is 7.14. The number of H-pyrrole nitrogens is 1. The predicted octanol–water partition coefficient (Wildman–Crippen LogP) is 1.25. The minimum Gasteiger partial charge on any atom is -0.497 e. The first kappa shape index (κ1) is 16.1. The fourth-order valence-corrected chi connectivity index (χ4v) is 3.64. The fourth-order valence-electron chi connectivity index (χ4n) is 2.48. The lowest BCUT2D eigenvalue weighted by Crippen LogP contribution is -2.17. The number of aromatic nitrogens is 2. The Morgan fingerprint density at radius 1 is 1.33 bits per heavy atom. The molecule has 126 valence electrons. The monoisotopic (exact) mass is 348 g/mol. The van der Waals surface area contributed by atoms with Crippen LogP contribution in [-0.2, 0) is 16.4 Å². The van der Waals surface area contributed by atoms with Gasteiger partial charge in [-0.15, -0.1) is 0 Å². The lowest BCUT2D eigenvalue weighted by molar-refractivity contribution is 0.0995. The van der Waals surface area contributed by atoms with Crippen molar-refractivity contribution in [3.63, 3.8) is 0 Å². The van der Waals surface area contributed by atoms with Crippen LogP contribution in [0.25, 0.3) is 6.08 Å². The zero-order chi connectivity index (χ0) is 17.3. The first-order chi connectivity index (χ1) is 11.4. The molecule has 8 nitrogen and oxygen atoms in total. The molecule has 1 aliphatic carbocycles. The molecule has 0 bridgehead atoms. The molecule has 4 N–H and O–H groups in total. The lowest BCUT2D eigenvalue weighted by atomic mass is 9.97. The van der Waals surface area contributed by atoms with E-state index in [1.54, 1.807) is 19.3 Å². The smallest absolute Gasteiger partial charge is 0.266 e. The van der Waals surface area contributed by atoms with Crippen LogP contribution >= 0.6 is 0 Å². The maximum atomic E-state index is 12.5. The molecular formula is C15H16N4O4S. The highest BCUT2D eigenvalue weighted by atomic mass is 32.2. The number of benzene rings is 1. The van der Waals surface area contributed by atoms with Crippen molar-refractivity contribution in [1.29, 1.82) is 0 Å². The summed E-state index contributed by atoms with van der Waals surface area (Å²) >= 11 is 0. The van der Waals surface area contributed by atoms with Crippen LogP contribution in [0, 0.1) is 0 Å². The average Bonchev–Trinajstić information content (AvgIpc) is 3.01. The number of rotatable bonds is 5. The number of fused-ring (bicyclic) bond motifs is 1. The van der Waals surface area contributed by atoms with Crippen LogP contribution in [0.1, 0.15) is 28.0 Å². The number of methoxy groups -OCH3 is 1. The number of amides is 1. The Balaban J connectivity index is 1.88. The summed E-state index contributed by atoms with van der Waals surface area (Å²) < 4.78 is 32.6. The third-order valence-electron chi connectivity index (χ3n) is 3.74. The third kappa shape index (κ3) is 3.11. The molecular weight excluding hydrogens is 332 g/mol. The molecule has 2 aromatic rings. The van der Waals surface area contributed by atoms with Crippen LogP contribution < -0.4 is 15.2 Å². The molecule has 0 atom stereocenters. The highest BCUT2D eigenvalue weighted by Crippen LogP contribution is 2.30. The summed E-state index contributed by atoms with van der Waals surface area (Å²) in [7, 11) is -2.22. The molecule has 1 amide bonds. The molecule has 0 unspecified atom stereocenters. The number of nitrogens with zero attached hydrogens (tertiary/aromatic N) is 1. The Kier molecular flexibility index (Phi) is 4.02.